The zero-order chi connectivity index (χ0) is 35.8. The Kier molecular flexibility index (Phi) is 21.2. The summed E-state index contributed by atoms with van der Waals surface area (Å²) in [7, 11) is -2.11. The van der Waals surface area contributed by atoms with Crippen LogP contribution in [0.2, 0.25) is 0 Å². The third-order valence-electron chi connectivity index (χ3n) is 7.92. The summed E-state index contributed by atoms with van der Waals surface area (Å²) in [5, 5.41) is 23.7. The Labute approximate surface area is 287 Å². The molecule has 0 spiro atoms. The van der Waals surface area contributed by atoms with Crippen LogP contribution in [0.25, 0.3) is 0 Å². The lowest BCUT2D eigenvalue weighted by molar-refractivity contribution is -0.167. The molecule has 0 bridgehead atoms. The van der Waals surface area contributed by atoms with Crippen molar-refractivity contribution in [2.24, 2.45) is 5.92 Å². The van der Waals surface area contributed by atoms with Crippen molar-refractivity contribution in [3.05, 3.63) is 42.0 Å². The SMILES string of the molecule is CC#CCOc1ccc(C[C@H](NC(=O)[C@@H](C=CCCCCCNS(=O)(=O)CCCCCCCC)[C@@](O)(CCC)C(=O)O)C(=O)OC)cc1. The fourth-order valence-electron chi connectivity index (χ4n) is 5.15. The summed E-state index contributed by atoms with van der Waals surface area (Å²) in [6, 6.07) is 5.76. The maximum absolute atomic E-state index is 13.5. The summed E-state index contributed by atoms with van der Waals surface area (Å²) in [5.41, 5.74) is -1.71. The van der Waals surface area contributed by atoms with Crippen molar-refractivity contribution >= 4 is 27.9 Å². The fourth-order valence-corrected chi connectivity index (χ4v) is 6.34. The number of methoxy groups -OCH3 is 1. The van der Waals surface area contributed by atoms with Gasteiger partial charge in [0.2, 0.25) is 15.9 Å². The maximum atomic E-state index is 13.5. The van der Waals surface area contributed by atoms with Gasteiger partial charge in [0, 0.05) is 13.0 Å². The van der Waals surface area contributed by atoms with Crippen LogP contribution in [-0.4, -0.2) is 74.1 Å². The highest BCUT2D eigenvalue weighted by molar-refractivity contribution is 7.89. The van der Waals surface area contributed by atoms with Crippen molar-refractivity contribution in [3.8, 4) is 17.6 Å². The number of carboxylic acid groups (broad SMARTS) is 1. The van der Waals surface area contributed by atoms with Crippen molar-refractivity contribution < 1.29 is 42.5 Å². The second-order valence-electron chi connectivity index (χ2n) is 11.9. The van der Waals surface area contributed by atoms with Crippen LogP contribution in [0.15, 0.2) is 36.4 Å². The summed E-state index contributed by atoms with van der Waals surface area (Å²) in [4.78, 5) is 38.4. The van der Waals surface area contributed by atoms with Gasteiger partial charge in [-0.1, -0.05) is 89.0 Å². The molecule has 0 heterocycles. The predicted molar refractivity (Wildman–Crippen MR) is 187 cm³/mol. The zero-order valence-electron chi connectivity index (χ0n) is 29.1. The van der Waals surface area contributed by atoms with Crippen LogP contribution < -0.4 is 14.8 Å². The Morgan fingerprint density at radius 2 is 1.65 bits per heavy atom. The quantitative estimate of drug-likeness (QED) is 0.0456. The molecule has 1 amide bonds. The van der Waals surface area contributed by atoms with Gasteiger partial charge >= 0.3 is 11.9 Å². The first kappa shape index (κ1) is 42.6. The van der Waals surface area contributed by atoms with E-state index in [-0.39, 0.29) is 25.2 Å². The third kappa shape index (κ3) is 16.6. The van der Waals surface area contributed by atoms with E-state index in [0.717, 1.165) is 25.7 Å². The molecule has 0 fully saturated rings. The first-order valence-corrected chi connectivity index (χ1v) is 18.7. The zero-order valence-corrected chi connectivity index (χ0v) is 29.9. The summed E-state index contributed by atoms with van der Waals surface area (Å²) >= 11 is 0. The Bertz CT molecular complexity index is 1300. The largest absolute Gasteiger partial charge is 0.481 e. The third-order valence-corrected chi connectivity index (χ3v) is 9.39. The molecule has 0 aliphatic carbocycles. The molecule has 0 saturated carbocycles. The monoisotopic (exact) mass is 692 g/mol. The molecule has 0 unspecified atom stereocenters. The van der Waals surface area contributed by atoms with E-state index in [1.807, 2.05) is 0 Å². The molecule has 1 rings (SSSR count). The number of carbonyl (C=O) groups excluding carboxylic acids is 2. The number of aliphatic hydroxyl groups is 1. The van der Waals surface area contributed by atoms with E-state index >= 15 is 0 Å². The van der Waals surface area contributed by atoms with Crippen LogP contribution in [0.5, 0.6) is 5.75 Å². The number of aliphatic carboxylic acids is 1. The number of allylic oxidation sites excluding steroid dienone is 1. The molecule has 270 valence electrons. The molecule has 0 aliphatic rings. The summed E-state index contributed by atoms with van der Waals surface area (Å²) in [5.74, 6) is 1.69. The first-order valence-electron chi connectivity index (χ1n) is 17.0. The lowest BCUT2D eigenvalue weighted by Crippen LogP contribution is -2.54. The van der Waals surface area contributed by atoms with Crippen molar-refractivity contribution in [2.75, 3.05) is 26.0 Å². The van der Waals surface area contributed by atoms with Gasteiger partial charge < -0.3 is 25.0 Å². The highest BCUT2D eigenvalue weighted by Gasteiger charge is 2.46. The van der Waals surface area contributed by atoms with Crippen LogP contribution >= 0.6 is 0 Å². The van der Waals surface area contributed by atoms with E-state index in [1.54, 1.807) is 44.2 Å². The Morgan fingerprint density at radius 1 is 0.979 bits per heavy atom. The molecule has 3 atom stereocenters. The van der Waals surface area contributed by atoms with E-state index in [1.165, 1.54) is 19.6 Å². The van der Waals surface area contributed by atoms with Crippen LogP contribution in [0, 0.1) is 17.8 Å². The predicted octanol–water partition coefficient (Wildman–Crippen LogP) is 4.92. The van der Waals surface area contributed by atoms with E-state index < -0.39 is 45.4 Å². The normalized spacial score (nSPS) is 13.9. The Morgan fingerprint density at radius 3 is 2.27 bits per heavy atom. The molecule has 4 N–H and O–H groups in total. The van der Waals surface area contributed by atoms with E-state index in [4.69, 9.17) is 9.47 Å². The average molecular weight is 693 g/mol. The maximum Gasteiger partial charge on any atom is 0.336 e. The van der Waals surface area contributed by atoms with E-state index in [9.17, 15) is 33.0 Å². The number of hydrogen-bond acceptors (Lipinski definition) is 8. The van der Waals surface area contributed by atoms with Crippen molar-refractivity contribution in [3.63, 3.8) is 0 Å². The van der Waals surface area contributed by atoms with Crippen LogP contribution in [0.4, 0.5) is 0 Å². The van der Waals surface area contributed by atoms with Gasteiger partial charge in [0.15, 0.2) is 5.60 Å². The molecular weight excluding hydrogens is 636 g/mol. The number of benzene rings is 1. The van der Waals surface area contributed by atoms with Gasteiger partial charge in [-0.05, 0) is 56.7 Å². The van der Waals surface area contributed by atoms with Crippen LogP contribution in [0.3, 0.4) is 0 Å². The second-order valence-corrected chi connectivity index (χ2v) is 13.8. The average Bonchev–Trinajstić information content (AvgIpc) is 3.05. The van der Waals surface area contributed by atoms with Gasteiger partial charge in [-0.25, -0.2) is 22.7 Å². The molecule has 0 saturated heterocycles. The fraction of sp³-hybridized carbons (Fsp3) is 0.639. The van der Waals surface area contributed by atoms with Crippen LogP contribution in [0.1, 0.15) is 103 Å². The molecule has 0 aromatic heterocycles. The Balaban J connectivity index is 2.82. The first-order chi connectivity index (χ1) is 22.9. The topological polar surface area (TPSA) is 168 Å². The number of hydrogen-bond donors (Lipinski definition) is 4. The number of amides is 1. The number of ether oxygens (including phenoxy) is 2. The minimum Gasteiger partial charge on any atom is -0.481 e. The molecule has 11 nitrogen and oxygen atoms in total. The summed E-state index contributed by atoms with van der Waals surface area (Å²) in [6.45, 7) is 6.12. The van der Waals surface area contributed by atoms with Gasteiger partial charge in [-0.3, -0.25) is 4.79 Å². The highest BCUT2D eigenvalue weighted by atomic mass is 32.2. The number of sulfonamides is 1. The number of rotatable bonds is 26. The molecular formula is C36H56N2O9S. The summed E-state index contributed by atoms with van der Waals surface area (Å²) in [6.07, 6.45) is 11.7. The number of carboxylic acids is 1. The van der Waals surface area contributed by atoms with Crippen molar-refractivity contribution in [1.29, 1.82) is 0 Å². The number of unbranched alkanes of at least 4 members (excludes halogenated alkanes) is 8. The van der Waals surface area contributed by atoms with E-state index in [0.29, 0.717) is 56.4 Å². The van der Waals surface area contributed by atoms with Gasteiger partial charge in [0.25, 0.3) is 0 Å². The molecule has 1 aromatic carbocycles. The number of carbonyl (C=O) groups is 3. The second kappa shape index (κ2) is 23.8. The lowest BCUT2D eigenvalue weighted by atomic mass is 9.82. The molecule has 12 heteroatoms. The summed E-state index contributed by atoms with van der Waals surface area (Å²) < 4.78 is 37.5. The van der Waals surface area contributed by atoms with Gasteiger partial charge in [-0.2, -0.15) is 0 Å². The molecule has 48 heavy (non-hydrogen) atoms. The smallest absolute Gasteiger partial charge is 0.336 e. The minimum atomic E-state index is -3.30. The highest BCUT2D eigenvalue weighted by Crippen LogP contribution is 2.27. The van der Waals surface area contributed by atoms with Gasteiger partial charge in [0.05, 0.1) is 18.8 Å². The molecule has 0 radical (unpaired) electrons. The Hall–Kier alpha value is -3.40. The van der Waals surface area contributed by atoms with Crippen molar-refractivity contribution in [2.45, 2.75) is 116 Å². The molecule has 1 aromatic rings. The number of esters is 1. The standard InChI is InChI=1S/C36H56N2O9S/c1-5-8-10-11-15-18-27-48(44,45)37-25-17-14-12-13-16-19-31(36(43,24-7-3)35(41)42)33(39)38-32(34(40)46-4)28-29-20-22-30(23-21-29)47-26-9-6-2/h16,19-23,31-32,37,43H,5,7-8,10-15,17-18,24-28H2,1-4H3,(H,38,39)(H,41,42)/t31-,32+,36+/m1/s1. The van der Waals surface area contributed by atoms with Gasteiger partial charge in [-0.15, -0.1) is 5.92 Å². The number of nitrogens with one attached hydrogen (secondary N) is 2. The molecule has 0 aliphatic heterocycles. The van der Waals surface area contributed by atoms with Crippen molar-refractivity contribution in [1.82, 2.24) is 10.0 Å². The van der Waals surface area contributed by atoms with Gasteiger partial charge in [0.1, 0.15) is 18.4 Å². The van der Waals surface area contributed by atoms with E-state index in [2.05, 4.69) is 28.8 Å². The minimum absolute atomic E-state index is 0.0614. The lowest BCUT2D eigenvalue weighted by Gasteiger charge is -2.30. The van der Waals surface area contributed by atoms with Crippen LogP contribution in [-0.2, 0) is 35.6 Å².